The summed E-state index contributed by atoms with van der Waals surface area (Å²) in [6.07, 6.45) is -0.374. The van der Waals surface area contributed by atoms with Crippen molar-refractivity contribution in [3.63, 3.8) is 0 Å². The van der Waals surface area contributed by atoms with Gasteiger partial charge < -0.3 is 16.2 Å². The van der Waals surface area contributed by atoms with E-state index >= 15 is 0 Å². The molecule has 1 amide bonds. The van der Waals surface area contributed by atoms with Gasteiger partial charge in [0.25, 0.3) is 0 Å². The molecule has 0 aliphatic heterocycles. The number of amides is 1. The standard InChI is InChI=1S/C23H29FN2O.C2HF3O2/c1-15-19(5-4-6-20(15)22(25)27)16-7-8-17(21(24)13-16)14-26-18-9-11-23(2,3)12-10-18;3-2(4,5)1(6)7/h4-8,13,18,26H,9-12,14H2,1-3H3,(H2,25,27);(H,6,7). The minimum Gasteiger partial charge on any atom is -0.475 e. The lowest BCUT2D eigenvalue weighted by Gasteiger charge is -2.34. The summed E-state index contributed by atoms with van der Waals surface area (Å²) in [6.45, 7) is 7.01. The Kier molecular flexibility index (Phi) is 8.83. The van der Waals surface area contributed by atoms with E-state index in [4.69, 9.17) is 15.6 Å². The number of carboxylic acids is 1. The molecule has 0 radical (unpaired) electrons. The van der Waals surface area contributed by atoms with Crippen molar-refractivity contribution in [3.05, 3.63) is 58.9 Å². The zero-order valence-electron chi connectivity index (χ0n) is 19.4. The van der Waals surface area contributed by atoms with Gasteiger partial charge in [-0.3, -0.25) is 4.79 Å². The van der Waals surface area contributed by atoms with Gasteiger partial charge in [-0.1, -0.05) is 38.1 Å². The third-order valence-electron chi connectivity index (χ3n) is 6.13. The van der Waals surface area contributed by atoms with Gasteiger partial charge in [0.05, 0.1) is 0 Å². The van der Waals surface area contributed by atoms with Crippen LogP contribution in [0.5, 0.6) is 0 Å². The Bertz CT molecular complexity index is 1030. The fraction of sp³-hybridized carbons (Fsp3) is 0.440. The first-order chi connectivity index (χ1) is 15.7. The first kappa shape index (κ1) is 27.3. The molecule has 9 heteroatoms. The molecule has 3 rings (SSSR count). The van der Waals surface area contributed by atoms with Crippen molar-refractivity contribution in [1.82, 2.24) is 5.32 Å². The summed E-state index contributed by atoms with van der Waals surface area (Å²) in [5.74, 6) is -3.45. The normalized spacial score (nSPS) is 15.9. The van der Waals surface area contributed by atoms with E-state index in [0.29, 0.717) is 29.1 Å². The summed E-state index contributed by atoms with van der Waals surface area (Å²) < 4.78 is 46.4. The fourth-order valence-electron chi connectivity index (χ4n) is 3.93. The molecule has 0 heterocycles. The molecule has 0 unspecified atom stereocenters. The number of carbonyl (C=O) groups is 2. The molecule has 1 aliphatic rings. The van der Waals surface area contributed by atoms with Crippen molar-refractivity contribution < 1.29 is 32.3 Å². The average molecular weight is 483 g/mol. The van der Waals surface area contributed by atoms with Crippen LogP contribution in [0, 0.1) is 18.2 Å². The van der Waals surface area contributed by atoms with Crippen LogP contribution in [0.4, 0.5) is 17.6 Å². The highest BCUT2D eigenvalue weighted by atomic mass is 19.4. The van der Waals surface area contributed by atoms with E-state index in [9.17, 15) is 22.4 Å². The molecule has 0 saturated heterocycles. The van der Waals surface area contributed by atoms with E-state index in [-0.39, 0.29) is 5.82 Å². The van der Waals surface area contributed by atoms with Crippen LogP contribution in [0.3, 0.4) is 0 Å². The number of halogens is 4. The van der Waals surface area contributed by atoms with Crippen LogP contribution < -0.4 is 11.1 Å². The molecule has 2 aromatic rings. The van der Waals surface area contributed by atoms with Gasteiger partial charge in [0.15, 0.2) is 0 Å². The molecule has 1 saturated carbocycles. The molecular weight excluding hydrogens is 452 g/mol. The van der Waals surface area contributed by atoms with Gasteiger partial charge >= 0.3 is 12.1 Å². The highest BCUT2D eigenvalue weighted by molar-refractivity contribution is 5.96. The summed E-state index contributed by atoms with van der Waals surface area (Å²) in [6, 6.07) is 11.1. The predicted molar refractivity (Wildman–Crippen MR) is 122 cm³/mol. The van der Waals surface area contributed by atoms with Gasteiger partial charge in [0.2, 0.25) is 5.91 Å². The van der Waals surface area contributed by atoms with Crippen molar-refractivity contribution in [1.29, 1.82) is 0 Å². The first-order valence-corrected chi connectivity index (χ1v) is 10.9. The Morgan fingerprint density at radius 1 is 1.15 bits per heavy atom. The second-order valence-electron chi connectivity index (χ2n) is 9.27. The Morgan fingerprint density at radius 3 is 2.24 bits per heavy atom. The monoisotopic (exact) mass is 482 g/mol. The number of rotatable bonds is 5. The lowest BCUT2D eigenvalue weighted by atomic mass is 9.75. The van der Waals surface area contributed by atoms with Gasteiger partial charge in [-0.05, 0) is 66.8 Å². The predicted octanol–water partition coefficient (Wildman–Crippen LogP) is 5.59. The summed E-state index contributed by atoms with van der Waals surface area (Å²) >= 11 is 0. The topological polar surface area (TPSA) is 92.4 Å². The molecule has 1 fully saturated rings. The molecule has 4 N–H and O–H groups in total. The van der Waals surface area contributed by atoms with Crippen molar-refractivity contribution in [3.8, 4) is 11.1 Å². The quantitative estimate of drug-likeness (QED) is 0.485. The zero-order valence-corrected chi connectivity index (χ0v) is 19.4. The number of aliphatic carboxylic acids is 1. The number of nitrogens with one attached hydrogen (secondary N) is 1. The molecule has 2 aromatic carbocycles. The first-order valence-electron chi connectivity index (χ1n) is 10.9. The fourth-order valence-corrected chi connectivity index (χ4v) is 3.93. The number of carboxylic acid groups (broad SMARTS) is 1. The van der Waals surface area contributed by atoms with Crippen LogP contribution in [0.25, 0.3) is 11.1 Å². The van der Waals surface area contributed by atoms with Gasteiger partial charge in [-0.25, -0.2) is 9.18 Å². The highest BCUT2D eigenvalue weighted by Crippen LogP contribution is 2.35. The molecule has 0 atom stereocenters. The van der Waals surface area contributed by atoms with Crippen LogP contribution in [0.2, 0.25) is 0 Å². The van der Waals surface area contributed by atoms with E-state index in [2.05, 4.69) is 19.2 Å². The van der Waals surface area contributed by atoms with E-state index in [0.717, 1.165) is 29.5 Å². The Hall–Kier alpha value is -2.94. The number of carbonyl (C=O) groups excluding carboxylic acids is 1. The van der Waals surface area contributed by atoms with Crippen LogP contribution in [-0.4, -0.2) is 29.2 Å². The molecule has 0 aromatic heterocycles. The number of alkyl halides is 3. The molecular formula is C25H30F4N2O3. The molecule has 186 valence electrons. The molecule has 1 aliphatic carbocycles. The average Bonchev–Trinajstić information content (AvgIpc) is 2.73. The Labute approximate surface area is 196 Å². The largest absolute Gasteiger partial charge is 0.490 e. The van der Waals surface area contributed by atoms with Crippen LogP contribution in [-0.2, 0) is 11.3 Å². The third-order valence-corrected chi connectivity index (χ3v) is 6.13. The lowest BCUT2D eigenvalue weighted by Crippen LogP contribution is -2.35. The minimum atomic E-state index is -5.08. The molecule has 5 nitrogen and oxygen atoms in total. The second kappa shape index (κ2) is 11.0. The van der Waals surface area contributed by atoms with E-state index in [1.165, 1.54) is 12.8 Å². The lowest BCUT2D eigenvalue weighted by molar-refractivity contribution is -0.192. The Morgan fingerprint density at radius 2 is 1.74 bits per heavy atom. The number of hydrogen-bond acceptors (Lipinski definition) is 3. The van der Waals surface area contributed by atoms with Crippen LogP contribution >= 0.6 is 0 Å². The van der Waals surface area contributed by atoms with Crippen molar-refractivity contribution >= 4 is 11.9 Å². The number of primary amides is 1. The summed E-state index contributed by atoms with van der Waals surface area (Å²) in [5, 5.41) is 10.6. The minimum absolute atomic E-state index is 0.222. The van der Waals surface area contributed by atoms with Gasteiger partial charge in [-0.15, -0.1) is 0 Å². The Balaban J connectivity index is 0.000000509. The maximum atomic E-state index is 14.7. The summed E-state index contributed by atoms with van der Waals surface area (Å²) in [4.78, 5) is 20.4. The molecule has 34 heavy (non-hydrogen) atoms. The van der Waals surface area contributed by atoms with Gasteiger partial charge in [-0.2, -0.15) is 13.2 Å². The van der Waals surface area contributed by atoms with E-state index < -0.39 is 18.1 Å². The van der Waals surface area contributed by atoms with Crippen LogP contribution in [0.15, 0.2) is 36.4 Å². The zero-order chi connectivity index (χ0) is 25.7. The number of nitrogens with two attached hydrogens (primary N) is 1. The second-order valence-corrected chi connectivity index (χ2v) is 9.27. The summed E-state index contributed by atoms with van der Waals surface area (Å²) in [7, 11) is 0. The van der Waals surface area contributed by atoms with Gasteiger partial charge in [0, 0.05) is 23.7 Å². The van der Waals surface area contributed by atoms with Crippen molar-refractivity contribution in [2.45, 2.75) is 65.2 Å². The van der Waals surface area contributed by atoms with E-state index in [1.54, 1.807) is 18.2 Å². The van der Waals surface area contributed by atoms with Crippen molar-refractivity contribution in [2.24, 2.45) is 11.1 Å². The van der Waals surface area contributed by atoms with Gasteiger partial charge in [0.1, 0.15) is 5.82 Å². The van der Waals surface area contributed by atoms with E-state index in [1.807, 2.05) is 25.1 Å². The number of hydrogen-bond donors (Lipinski definition) is 3. The summed E-state index contributed by atoms with van der Waals surface area (Å²) in [5.41, 5.74) is 9.37. The maximum absolute atomic E-state index is 14.7. The number of benzene rings is 2. The third kappa shape index (κ3) is 7.55. The SMILES string of the molecule is Cc1c(C(N)=O)cccc1-c1ccc(CNC2CCC(C)(C)CC2)c(F)c1.O=C(O)C(F)(F)F. The molecule has 0 spiro atoms. The molecule has 0 bridgehead atoms. The maximum Gasteiger partial charge on any atom is 0.490 e. The smallest absolute Gasteiger partial charge is 0.475 e. The van der Waals surface area contributed by atoms with Crippen LogP contribution in [0.1, 0.15) is 61.0 Å². The van der Waals surface area contributed by atoms with Crippen molar-refractivity contribution in [2.75, 3.05) is 0 Å². The highest BCUT2D eigenvalue weighted by Gasteiger charge is 2.38.